The molecule has 0 aromatic heterocycles. The molecule has 3 heteroatoms. The molecular weight excluding hydrogens is 180 g/mol. The second-order valence-corrected chi connectivity index (χ2v) is 3.84. The maximum absolute atomic E-state index is 11.5. The maximum atomic E-state index is 11.5. The molecule has 14 heavy (non-hydrogen) atoms. The van der Waals surface area contributed by atoms with Gasteiger partial charge in [0, 0.05) is 25.0 Å². The minimum atomic E-state index is -0.139. The maximum Gasteiger partial charge on any atom is 0.199 e. The van der Waals surface area contributed by atoms with Crippen molar-refractivity contribution in [2.24, 2.45) is 5.92 Å². The summed E-state index contributed by atoms with van der Waals surface area (Å²) in [6, 6.07) is 0. The number of fused-ring (bicyclic) bond motifs is 1. The Morgan fingerprint density at radius 3 is 3.29 bits per heavy atom. The smallest absolute Gasteiger partial charge is 0.199 e. The van der Waals surface area contributed by atoms with Crippen LogP contribution in [0.25, 0.3) is 0 Å². The molecule has 0 spiro atoms. The molecule has 0 aromatic carbocycles. The van der Waals surface area contributed by atoms with E-state index in [1.807, 2.05) is 6.92 Å². The number of hydrogen-bond acceptors (Lipinski definition) is 3. The third-order valence-corrected chi connectivity index (χ3v) is 2.89. The number of ether oxygens (including phenoxy) is 2. The van der Waals surface area contributed by atoms with E-state index in [0.717, 1.165) is 24.8 Å². The van der Waals surface area contributed by atoms with Gasteiger partial charge in [-0.15, -0.1) is 0 Å². The van der Waals surface area contributed by atoms with E-state index >= 15 is 0 Å². The predicted octanol–water partition coefficient (Wildman–Crippen LogP) is 2.02. The summed E-state index contributed by atoms with van der Waals surface area (Å²) in [4.78, 5) is 11.5. The third-order valence-electron chi connectivity index (χ3n) is 2.89. The van der Waals surface area contributed by atoms with Gasteiger partial charge in [-0.05, 0) is 25.7 Å². The molecule has 1 saturated carbocycles. The van der Waals surface area contributed by atoms with Gasteiger partial charge in [0.2, 0.25) is 0 Å². The lowest BCUT2D eigenvalue weighted by Gasteiger charge is -2.31. The topological polar surface area (TPSA) is 35.5 Å². The highest BCUT2D eigenvalue weighted by Gasteiger charge is 2.32. The summed E-state index contributed by atoms with van der Waals surface area (Å²) < 4.78 is 10.7. The summed E-state index contributed by atoms with van der Waals surface area (Å²) in [5.41, 5.74) is 0.882. The SMILES string of the molecule is CCO[C@H]1C[C@@H]2CCCC(=O)C2=CO1. The van der Waals surface area contributed by atoms with Crippen molar-refractivity contribution in [3.63, 3.8) is 0 Å². The Balaban J connectivity index is 2.04. The Kier molecular flexibility index (Phi) is 2.87. The van der Waals surface area contributed by atoms with Crippen LogP contribution in [-0.2, 0) is 14.3 Å². The van der Waals surface area contributed by atoms with Crippen LogP contribution in [0.15, 0.2) is 11.8 Å². The molecule has 2 aliphatic rings. The second-order valence-electron chi connectivity index (χ2n) is 3.84. The van der Waals surface area contributed by atoms with Crippen LogP contribution in [-0.4, -0.2) is 18.7 Å². The number of carbonyl (C=O) groups excluding carboxylic acids is 1. The average Bonchev–Trinajstić information content (AvgIpc) is 2.18. The van der Waals surface area contributed by atoms with Crippen LogP contribution in [0.1, 0.15) is 32.6 Å². The Labute approximate surface area is 84.1 Å². The van der Waals surface area contributed by atoms with Gasteiger partial charge in [0.05, 0.1) is 6.26 Å². The van der Waals surface area contributed by atoms with Gasteiger partial charge in [-0.2, -0.15) is 0 Å². The molecule has 1 aliphatic carbocycles. The fourth-order valence-electron chi connectivity index (χ4n) is 2.17. The predicted molar refractivity (Wildman–Crippen MR) is 51.5 cm³/mol. The highest BCUT2D eigenvalue weighted by atomic mass is 16.7. The van der Waals surface area contributed by atoms with Crippen LogP contribution in [0.3, 0.4) is 0 Å². The summed E-state index contributed by atoms with van der Waals surface area (Å²) in [6.07, 6.45) is 5.12. The quantitative estimate of drug-likeness (QED) is 0.677. The minimum Gasteiger partial charge on any atom is -0.472 e. The monoisotopic (exact) mass is 196 g/mol. The van der Waals surface area contributed by atoms with E-state index in [-0.39, 0.29) is 12.1 Å². The van der Waals surface area contributed by atoms with Crippen molar-refractivity contribution in [2.75, 3.05) is 6.61 Å². The van der Waals surface area contributed by atoms with Crippen molar-refractivity contribution >= 4 is 5.78 Å². The zero-order valence-electron chi connectivity index (χ0n) is 8.49. The molecule has 0 N–H and O–H groups in total. The average molecular weight is 196 g/mol. The zero-order valence-corrected chi connectivity index (χ0v) is 8.49. The largest absolute Gasteiger partial charge is 0.472 e. The Bertz CT molecular complexity index is 257. The van der Waals surface area contributed by atoms with Gasteiger partial charge >= 0.3 is 0 Å². The van der Waals surface area contributed by atoms with Gasteiger partial charge < -0.3 is 9.47 Å². The fraction of sp³-hybridized carbons (Fsp3) is 0.727. The van der Waals surface area contributed by atoms with Gasteiger partial charge in [-0.25, -0.2) is 0 Å². The van der Waals surface area contributed by atoms with Crippen molar-refractivity contribution in [2.45, 2.75) is 38.9 Å². The summed E-state index contributed by atoms with van der Waals surface area (Å²) in [6.45, 7) is 2.61. The van der Waals surface area contributed by atoms with E-state index in [2.05, 4.69) is 0 Å². The molecule has 1 aliphatic heterocycles. The van der Waals surface area contributed by atoms with Crippen LogP contribution in [0.2, 0.25) is 0 Å². The minimum absolute atomic E-state index is 0.139. The van der Waals surface area contributed by atoms with E-state index < -0.39 is 0 Å². The molecule has 0 bridgehead atoms. The molecule has 1 heterocycles. The van der Waals surface area contributed by atoms with Crippen LogP contribution in [0.5, 0.6) is 0 Å². The van der Waals surface area contributed by atoms with Crippen molar-refractivity contribution in [1.82, 2.24) is 0 Å². The number of allylic oxidation sites excluding steroid dienone is 1. The van der Waals surface area contributed by atoms with Crippen molar-refractivity contribution in [3.8, 4) is 0 Å². The van der Waals surface area contributed by atoms with Crippen LogP contribution < -0.4 is 0 Å². The molecule has 2 atom stereocenters. The Morgan fingerprint density at radius 2 is 2.50 bits per heavy atom. The van der Waals surface area contributed by atoms with E-state index in [0.29, 0.717) is 18.9 Å². The molecule has 2 rings (SSSR count). The second kappa shape index (κ2) is 4.13. The molecule has 1 fully saturated rings. The molecule has 0 unspecified atom stereocenters. The summed E-state index contributed by atoms with van der Waals surface area (Å²) in [5, 5.41) is 0. The number of carbonyl (C=O) groups is 1. The summed E-state index contributed by atoms with van der Waals surface area (Å²) in [7, 11) is 0. The summed E-state index contributed by atoms with van der Waals surface area (Å²) in [5.74, 6) is 0.637. The molecular formula is C11H16O3. The first-order valence-corrected chi connectivity index (χ1v) is 5.31. The van der Waals surface area contributed by atoms with E-state index in [4.69, 9.17) is 9.47 Å². The van der Waals surface area contributed by atoms with E-state index in [9.17, 15) is 4.79 Å². The first kappa shape index (κ1) is 9.71. The van der Waals surface area contributed by atoms with E-state index in [1.165, 1.54) is 0 Å². The number of rotatable bonds is 2. The van der Waals surface area contributed by atoms with Crippen molar-refractivity contribution < 1.29 is 14.3 Å². The van der Waals surface area contributed by atoms with Gasteiger partial charge in [0.1, 0.15) is 0 Å². The number of ketones is 1. The standard InChI is InChI=1S/C11H16O3/c1-2-13-11-6-8-4-3-5-10(12)9(8)7-14-11/h7-8,11H,2-6H2,1H3/t8-,11+/m0/s1. The van der Waals surface area contributed by atoms with Crippen molar-refractivity contribution in [1.29, 1.82) is 0 Å². The van der Waals surface area contributed by atoms with Crippen molar-refractivity contribution in [3.05, 3.63) is 11.8 Å². The Hall–Kier alpha value is -0.830. The highest BCUT2D eigenvalue weighted by Crippen LogP contribution is 2.34. The zero-order chi connectivity index (χ0) is 9.97. The van der Waals surface area contributed by atoms with Gasteiger partial charge in [-0.3, -0.25) is 4.79 Å². The highest BCUT2D eigenvalue weighted by molar-refractivity contribution is 5.96. The number of hydrogen-bond donors (Lipinski definition) is 0. The first-order chi connectivity index (χ1) is 6.81. The lowest BCUT2D eigenvalue weighted by Crippen LogP contribution is -2.30. The molecule has 3 nitrogen and oxygen atoms in total. The van der Waals surface area contributed by atoms with Crippen LogP contribution in [0, 0.1) is 5.92 Å². The van der Waals surface area contributed by atoms with Gasteiger partial charge in [0.25, 0.3) is 0 Å². The molecule has 0 saturated heterocycles. The Morgan fingerprint density at radius 1 is 1.64 bits per heavy atom. The number of Topliss-reactive ketones (excluding diaryl/α,β-unsaturated/α-hetero) is 1. The van der Waals surface area contributed by atoms with E-state index in [1.54, 1.807) is 6.26 Å². The fourth-order valence-corrected chi connectivity index (χ4v) is 2.17. The molecule has 0 aromatic rings. The third kappa shape index (κ3) is 1.82. The molecule has 0 amide bonds. The van der Waals surface area contributed by atoms with Gasteiger partial charge in [0.15, 0.2) is 12.1 Å². The van der Waals surface area contributed by atoms with Crippen LogP contribution in [0.4, 0.5) is 0 Å². The molecule has 78 valence electrons. The normalized spacial score (nSPS) is 31.8. The van der Waals surface area contributed by atoms with Gasteiger partial charge in [-0.1, -0.05) is 0 Å². The molecule has 0 radical (unpaired) electrons. The first-order valence-electron chi connectivity index (χ1n) is 5.31. The lowest BCUT2D eigenvalue weighted by molar-refractivity contribution is -0.131. The summed E-state index contributed by atoms with van der Waals surface area (Å²) >= 11 is 0. The lowest BCUT2D eigenvalue weighted by atomic mass is 9.81. The van der Waals surface area contributed by atoms with Crippen LogP contribution >= 0.6 is 0 Å².